The Bertz CT molecular complexity index is 4420. The monoisotopic (exact) mass is 866 g/mol. The van der Waals surface area contributed by atoms with Crippen molar-refractivity contribution >= 4 is 64.1 Å². The zero-order valence-electron chi connectivity index (χ0n) is 43.0. The van der Waals surface area contributed by atoms with Crippen LogP contribution in [0.25, 0.3) is 126 Å². The molecule has 13 rings (SSSR count). The van der Waals surface area contributed by atoms with Gasteiger partial charge in [0.25, 0.3) is 0 Å². The van der Waals surface area contributed by atoms with Gasteiger partial charge in [0, 0.05) is 53.2 Å². The van der Waals surface area contributed by atoms with E-state index < -0.39 is 36.3 Å². The van der Waals surface area contributed by atoms with Crippen LogP contribution in [0.1, 0.15) is 11.0 Å². The Morgan fingerprint density at radius 2 is 0.909 bits per heavy atom. The van der Waals surface area contributed by atoms with Crippen LogP contribution in [0.15, 0.2) is 230 Å². The zero-order valence-corrected chi connectivity index (χ0v) is 35.8. The molecule has 3 aromatic heterocycles. The van der Waals surface area contributed by atoms with E-state index >= 15 is 0 Å². The van der Waals surface area contributed by atoms with Gasteiger partial charge in [-0.2, -0.15) is 0 Å². The minimum absolute atomic E-state index is 0.00957. The summed E-state index contributed by atoms with van der Waals surface area (Å²) in [4.78, 5) is 15.7. The van der Waals surface area contributed by atoms with E-state index in [0.29, 0.717) is 34.3 Å². The molecule has 0 saturated heterocycles. The number of hydrogen-bond acceptors (Lipinski definition) is 4. The van der Waals surface area contributed by atoms with Crippen LogP contribution in [-0.2, 0) is 0 Å². The fourth-order valence-corrected chi connectivity index (χ4v) is 10.4. The molecule has 5 heteroatoms. The van der Waals surface area contributed by atoms with Crippen LogP contribution in [0.2, 0.25) is 0 Å². The van der Waals surface area contributed by atoms with Gasteiger partial charge in [-0.05, 0) is 81.0 Å². The minimum Gasteiger partial charge on any atom is -0.309 e. The maximum atomic E-state index is 9.35. The second-order valence-electron chi connectivity index (χ2n) is 16.2. The van der Waals surface area contributed by atoms with E-state index in [9.17, 15) is 2.74 Å². The number of rotatable bonds is 7. The average Bonchev–Trinajstić information content (AvgIpc) is 4.07. The first kappa shape index (κ1) is 30.6. The smallest absolute Gasteiger partial charge is 0.164 e. The molecule has 66 heavy (non-hydrogen) atoms. The lowest BCUT2D eigenvalue weighted by atomic mass is 9.99. The van der Waals surface area contributed by atoms with Crippen molar-refractivity contribution in [3.8, 4) is 73.2 Å². The van der Waals surface area contributed by atoms with Gasteiger partial charge in [0.05, 0.1) is 27.7 Å². The van der Waals surface area contributed by atoms with Crippen LogP contribution < -0.4 is 0 Å². The average molecular weight is 867 g/mol. The molecule has 3 heterocycles. The highest BCUT2D eigenvalue weighted by atomic mass is 32.1. The van der Waals surface area contributed by atoms with E-state index in [4.69, 9.17) is 23.2 Å². The number of benzene rings is 10. The van der Waals surface area contributed by atoms with Crippen molar-refractivity contribution < 1.29 is 11.0 Å². The first-order valence-electron chi connectivity index (χ1n) is 25.6. The van der Waals surface area contributed by atoms with Gasteiger partial charge in [0.1, 0.15) is 0 Å². The first-order chi connectivity index (χ1) is 36.0. The molecule has 0 spiro atoms. The van der Waals surface area contributed by atoms with Crippen LogP contribution in [-0.4, -0.2) is 19.5 Å². The fourth-order valence-electron chi connectivity index (χ4n) is 9.15. The summed E-state index contributed by atoms with van der Waals surface area (Å²) in [6, 6.07) is 57.4. The molecule has 0 unspecified atom stereocenters. The highest BCUT2D eigenvalue weighted by molar-refractivity contribution is 7.26. The second-order valence-corrected chi connectivity index (χ2v) is 17.2. The van der Waals surface area contributed by atoms with Crippen LogP contribution >= 0.6 is 11.3 Å². The van der Waals surface area contributed by atoms with Crippen molar-refractivity contribution in [2.45, 2.75) is 0 Å². The van der Waals surface area contributed by atoms with Crippen LogP contribution in [0.5, 0.6) is 0 Å². The highest BCUT2D eigenvalue weighted by Crippen LogP contribution is 2.42. The summed E-state index contributed by atoms with van der Waals surface area (Å²) in [5.74, 6) is 1.14. The molecule has 0 atom stereocenters. The summed E-state index contributed by atoms with van der Waals surface area (Å²) in [5.41, 5.74) is 7.95. The number of aromatic nitrogens is 4. The Morgan fingerprint density at radius 1 is 0.364 bits per heavy atom. The van der Waals surface area contributed by atoms with Crippen molar-refractivity contribution in [2.75, 3.05) is 0 Å². The molecule has 0 bridgehead atoms. The maximum Gasteiger partial charge on any atom is 0.164 e. The van der Waals surface area contributed by atoms with Crippen molar-refractivity contribution in [3.05, 3.63) is 230 Å². The quantitative estimate of drug-likeness (QED) is 0.160. The Labute approximate surface area is 396 Å². The molecule has 0 fully saturated rings. The third-order valence-corrected chi connectivity index (χ3v) is 13.5. The molecule has 0 aliphatic heterocycles. The van der Waals surface area contributed by atoms with Gasteiger partial charge in [0.15, 0.2) is 17.5 Å². The minimum atomic E-state index is -0.509. The molecule has 0 aliphatic carbocycles. The summed E-state index contributed by atoms with van der Waals surface area (Å²) in [7, 11) is 0. The summed E-state index contributed by atoms with van der Waals surface area (Å²) in [6.07, 6.45) is 0. The lowest BCUT2D eigenvalue weighted by Crippen LogP contribution is -2.02. The van der Waals surface area contributed by atoms with Crippen LogP contribution in [0, 0.1) is 0 Å². The van der Waals surface area contributed by atoms with E-state index in [0.717, 1.165) is 49.7 Å². The van der Waals surface area contributed by atoms with Crippen molar-refractivity contribution in [2.24, 2.45) is 0 Å². The maximum absolute atomic E-state index is 9.35. The first-order valence-corrected chi connectivity index (χ1v) is 22.4. The Morgan fingerprint density at radius 3 is 1.67 bits per heavy atom. The summed E-state index contributed by atoms with van der Waals surface area (Å²) < 4.78 is 75.9. The molecule has 10 aromatic carbocycles. The van der Waals surface area contributed by atoms with Gasteiger partial charge >= 0.3 is 0 Å². The van der Waals surface area contributed by atoms with Crippen molar-refractivity contribution in [3.63, 3.8) is 0 Å². The van der Waals surface area contributed by atoms with E-state index in [1.54, 1.807) is 15.9 Å². The SMILES string of the molecule is [2H]c1c([2H])c([2H])c2c(c1[2H])c1c([2H])c([2H])c([2H])c([2H])c1n2-c1cc(-c2nc(-c3cccc(-c4ccc5ccccc5c4)c3)nc(-c3cccc(-c4cccc5c4sc4ccccc45)c3)n2)ccc1-c1ccccc1. The van der Waals surface area contributed by atoms with Gasteiger partial charge in [-0.15, -0.1) is 11.3 Å². The van der Waals surface area contributed by atoms with Crippen molar-refractivity contribution in [1.29, 1.82) is 0 Å². The Hall–Kier alpha value is -8.51. The molecule has 308 valence electrons. The molecular formula is C61H38N4S. The summed E-state index contributed by atoms with van der Waals surface area (Å²) in [6.45, 7) is 0. The topological polar surface area (TPSA) is 43.6 Å². The predicted molar refractivity (Wildman–Crippen MR) is 277 cm³/mol. The normalized spacial score (nSPS) is 13.3. The summed E-state index contributed by atoms with van der Waals surface area (Å²) in [5, 5.41) is 4.64. The third kappa shape index (κ3) is 6.48. The van der Waals surface area contributed by atoms with Gasteiger partial charge in [-0.3, -0.25) is 0 Å². The number of thiophene rings is 1. The lowest BCUT2D eigenvalue weighted by molar-refractivity contribution is 1.07. The number of para-hydroxylation sites is 2. The molecule has 13 aromatic rings. The number of fused-ring (bicyclic) bond motifs is 7. The molecule has 4 nitrogen and oxygen atoms in total. The Balaban J connectivity index is 1.07. The zero-order chi connectivity index (χ0) is 50.5. The molecule has 0 N–H and O–H groups in total. The Kier molecular flexibility index (Phi) is 7.24. The highest BCUT2D eigenvalue weighted by Gasteiger charge is 2.20. The number of hydrogen-bond donors (Lipinski definition) is 0. The van der Waals surface area contributed by atoms with E-state index in [2.05, 4.69) is 97.1 Å². The second kappa shape index (κ2) is 15.6. The molecule has 0 radical (unpaired) electrons. The molecule has 0 saturated carbocycles. The van der Waals surface area contributed by atoms with Gasteiger partial charge in [0.2, 0.25) is 0 Å². The van der Waals surface area contributed by atoms with E-state index in [1.165, 1.54) is 20.2 Å². The van der Waals surface area contributed by atoms with Crippen LogP contribution in [0.4, 0.5) is 0 Å². The molecule has 0 amide bonds. The third-order valence-electron chi connectivity index (χ3n) is 12.3. The molecule has 0 aliphatic rings. The predicted octanol–water partition coefficient (Wildman–Crippen LogP) is 16.5. The summed E-state index contributed by atoms with van der Waals surface area (Å²) >= 11 is 1.76. The lowest BCUT2D eigenvalue weighted by Gasteiger charge is -2.16. The van der Waals surface area contributed by atoms with Gasteiger partial charge in [-0.25, -0.2) is 15.0 Å². The van der Waals surface area contributed by atoms with E-state index in [1.807, 2.05) is 84.9 Å². The van der Waals surface area contributed by atoms with Crippen molar-refractivity contribution in [1.82, 2.24) is 19.5 Å². The molecular weight excluding hydrogens is 821 g/mol. The van der Waals surface area contributed by atoms with Gasteiger partial charge in [-0.1, -0.05) is 188 Å². The van der Waals surface area contributed by atoms with Crippen LogP contribution in [0.3, 0.4) is 0 Å². The van der Waals surface area contributed by atoms with E-state index in [-0.39, 0.29) is 33.9 Å². The standard InChI is InChI=1S/C61H38N4S/c1-2-16-40(17-3-1)48-34-33-47(38-56(48)65-54-28-9-6-23-50(54)51-24-7-10-29-55(51)65)61-63-59(45-21-12-19-42(36-45)43-32-31-39-15-4-5-18-41(39)35-43)62-60(64-61)46-22-13-20-44(37-46)49-26-14-27-53-52-25-8-11-30-57(52)66-58(49)53/h1-38H/i6D,7D,9D,10D,23D,24D,28D,29D. The fraction of sp³-hybridized carbons (Fsp3) is 0. The number of nitrogens with zero attached hydrogens (tertiary/aromatic N) is 4. The van der Waals surface area contributed by atoms with Gasteiger partial charge < -0.3 is 4.57 Å². The largest absolute Gasteiger partial charge is 0.309 e.